The van der Waals surface area contributed by atoms with Gasteiger partial charge in [-0.2, -0.15) is 8.42 Å². The maximum Gasteiger partial charge on any atom is 0.291 e. The summed E-state index contributed by atoms with van der Waals surface area (Å²) in [5.74, 6) is -0.0220. The number of aromatic nitrogens is 2. The number of amides is 1. The van der Waals surface area contributed by atoms with Gasteiger partial charge in [0.15, 0.2) is 0 Å². The van der Waals surface area contributed by atoms with Crippen LogP contribution < -0.4 is 14.8 Å². The number of rotatable bonds is 6. The Morgan fingerprint density at radius 3 is 2.48 bits per heavy atom. The number of carbonyl (C=O) groups excluding carboxylic acids is 1. The van der Waals surface area contributed by atoms with E-state index in [1.807, 2.05) is 19.1 Å². The third-order valence-electron chi connectivity index (χ3n) is 3.52. The molecule has 10 heteroatoms. The van der Waals surface area contributed by atoms with Gasteiger partial charge in [-0.15, -0.1) is 10.2 Å². The molecule has 0 aliphatic heterocycles. The minimum absolute atomic E-state index is 0.0842. The van der Waals surface area contributed by atoms with Crippen LogP contribution in [0.2, 0.25) is 0 Å². The van der Waals surface area contributed by atoms with Crippen molar-refractivity contribution in [3.05, 3.63) is 59.7 Å². The van der Waals surface area contributed by atoms with E-state index < -0.39 is 15.9 Å². The molecular weight excluding hydrogens is 388 g/mol. The maximum atomic E-state index is 12.5. The molecule has 0 aliphatic rings. The van der Waals surface area contributed by atoms with E-state index in [0.717, 1.165) is 16.9 Å². The number of methoxy groups -OCH3 is 1. The summed E-state index contributed by atoms with van der Waals surface area (Å²) in [5, 5.41) is 10.0. The molecule has 0 radical (unpaired) electrons. The molecule has 0 atom stereocenters. The Bertz CT molecular complexity index is 1060. The van der Waals surface area contributed by atoms with Gasteiger partial charge in [0.1, 0.15) is 5.75 Å². The van der Waals surface area contributed by atoms with E-state index in [0.29, 0.717) is 11.3 Å². The fourth-order valence-electron chi connectivity index (χ4n) is 2.16. The third kappa shape index (κ3) is 4.41. The van der Waals surface area contributed by atoms with Crippen molar-refractivity contribution in [1.29, 1.82) is 0 Å². The Morgan fingerprint density at radius 2 is 1.78 bits per heavy atom. The highest BCUT2D eigenvalue weighted by Crippen LogP contribution is 2.28. The average molecular weight is 404 g/mol. The molecule has 0 spiro atoms. The van der Waals surface area contributed by atoms with E-state index in [1.165, 1.54) is 7.11 Å². The molecule has 8 nitrogen and oxygen atoms in total. The van der Waals surface area contributed by atoms with Gasteiger partial charge >= 0.3 is 0 Å². The number of para-hydroxylation sites is 2. The Morgan fingerprint density at radius 1 is 1.07 bits per heavy atom. The third-order valence-corrected chi connectivity index (χ3v) is 6.09. The Hall–Kier alpha value is -2.98. The zero-order valence-electron chi connectivity index (χ0n) is 14.5. The van der Waals surface area contributed by atoms with Crippen molar-refractivity contribution in [3.63, 3.8) is 0 Å². The van der Waals surface area contributed by atoms with Crippen LogP contribution in [0.5, 0.6) is 5.75 Å². The monoisotopic (exact) mass is 404 g/mol. The molecule has 140 valence electrons. The lowest BCUT2D eigenvalue weighted by atomic mass is 10.1. The van der Waals surface area contributed by atoms with Crippen molar-refractivity contribution in [2.75, 3.05) is 17.1 Å². The van der Waals surface area contributed by atoms with Crippen molar-refractivity contribution in [2.24, 2.45) is 0 Å². The van der Waals surface area contributed by atoms with Crippen LogP contribution in [-0.2, 0) is 10.0 Å². The average Bonchev–Trinajstić information content (AvgIpc) is 3.12. The highest BCUT2D eigenvalue weighted by Gasteiger charge is 2.22. The molecule has 1 amide bonds. The minimum atomic E-state index is -3.97. The fraction of sp³-hybridized carbons (Fsp3) is 0.118. The summed E-state index contributed by atoms with van der Waals surface area (Å²) < 4.78 is 32.3. The molecule has 2 N–H and O–H groups in total. The number of nitrogens with zero attached hydrogens (tertiary/aromatic N) is 2. The minimum Gasteiger partial charge on any atom is -0.495 e. The highest BCUT2D eigenvalue weighted by atomic mass is 32.2. The van der Waals surface area contributed by atoms with Crippen LogP contribution in [0.15, 0.2) is 52.9 Å². The number of anilines is 2. The summed E-state index contributed by atoms with van der Waals surface area (Å²) in [6, 6.07) is 13.6. The summed E-state index contributed by atoms with van der Waals surface area (Å²) in [7, 11) is -2.53. The summed E-state index contributed by atoms with van der Waals surface area (Å²) in [6.45, 7) is 1.91. The van der Waals surface area contributed by atoms with E-state index >= 15 is 0 Å². The standard InChI is InChI=1S/C17H16N4O4S2/c1-11-7-9-12(10-8-11)15(22)18-16-19-20-17(26-16)27(23,24)21-13-5-3-4-6-14(13)25-2/h3-10,21H,1-2H3,(H,18,19,22). The predicted molar refractivity (Wildman–Crippen MR) is 103 cm³/mol. The second-order valence-corrected chi connectivity index (χ2v) is 8.33. The smallest absolute Gasteiger partial charge is 0.291 e. The van der Waals surface area contributed by atoms with Crippen molar-refractivity contribution in [2.45, 2.75) is 11.3 Å². The number of carbonyl (C=O) groups is 1. The van der Waals surface area contributed by atoms with Gasteiger partial charge in [0.25, 0.3) is 20.3 Å². The first-order valence-corrected chi connectivity index (χ1v) is 10.1. The lowest BCUT2D eigenvalue weighted by Crippen LogP contribution is -2.13. The van der Waals surface area contributed by atoms with Gasteiger partial charge in [0.2, 0.25) is 5.13 Å². The molecule has 1 heterocycles. The summed E-state index contributed by atoms with van der Waals surface area (Å²) in [4.78, 5) is 12.2. The van der Waals surface area contributed by atoms with Crippen LogP contribution in [0, 0.1) is 6.92 Å². The van der Waals surface area contributed by atoms with Crippen LogP contribution in [-0.4, -0.2) is 31.6 Å². The molecule has 0 saturated carbocycles. The molecular formula is C17H16N4O4S2. The number of nitrogens with one attached hydrogen (secondary N) is 2. The topological polar surface area (TPSA) is 110 Å². The second kappa shape index (κ2) is 7.72. The van der Waals surface area contributed by atoms with Crippen LogP contribution in [0.4, 0.5) is 10.8 Å². The lowest BCUT2D eigenvalue weighted by molar-refractivity contribution is 0.102. The zero-order chi connectivity index (χ0) is 19.4. The van der Waals surface area contributed by atoms with Crippen LogP contribution in [0.1, 0.15) is 15.9 Å². The van der Waals surface area contributed by atoms with Crippen LogP contribution in [0.25, 0.3) is 0 Å². The second-order valence-electron chi connectivity index (χ2n) is 5.50. The predicted octanol–water partition coefficient (Wildman–Crippen LogP) is 2.91. The van der Waals surface area contributed by atoms with Gasteiger partial charge in [-0.25, -0.2) is 0 Å². The molecule has 0 saturated heterocycles. The molecule has 0 aliphatic carbocycles. The molecule has 2 aromatic carbocycles. The summed E-state index contributed by atoms with van der Waals surface area (Å²) >= 11 is 0.753. The van der Waals surface area contributed by atoms with Crippen molar-refractivity contribution in [1.82, 2.24) is 10.2 Å². The zero-order valence-corrected chi connectivity index (χ0v) is 16.1. The maximum absolute atomic E-state index is 12.5. The van der Waals surface area contributed by atoms with E-state index in [4.69, 9.17) is 4.74 Å². The number of hydrogen-bond donors (Lipinski definition) is 2. The first-order chi connectivity index (χ1) is 12.9. The number of hydrogen-bond acceptors (Lipinski definition) is 7. The van der Waals surface area contributed by atoms with Crippen molar-refractivity contribution < 1.29 is 17.9 Å². The molecule has 3 rings (SSSR count). The SMILES string of the molecule is COc1ccccc1NS(=O)(=O)c1nnc(NC(=O)c2ccc(C)cc2)s1. The van der Waals surface area contributed by atoms with Crippen LogP contribution >= 0.6 is 11.3 Å². The van der Waals surface area contributed by atoms with Gasteiger partial charge in [-0.05, 0) is 31.2 Å². The van der Waals surface area contributed by atoms with E-state index in [1.54, 1.807) is 36.4 Å². The molecule has 0 bridgehead atoms. The fourth-order valence-corrected chi connectivity index (χ4v) is 4.13. The molecule has 1 aromatic heterocycles. The molecule has 0 fully saturated rings. The number of benzene rings is 2. The van der Waals surface area contributed by atoms with Crippen molar-refractivity contribution >= 4 is 38.1 Å². The molecule has 0 unspecified atom stereocenters. The van der Waals surface area contributed by atoms with Crippen LogP contribution in [0.3, 0.4) is 0 Å². The molecule has 3 aromatic rings. The van der Waals surface area contributed by atoms with Gasteiger partial charge in [-0.1, -0.05) is 41.2 Å². The quantitative estimate of drug-likeness (QED) is 0.611. The number of ether oxygens (including phenoxy) is 1. The van der Waals surface area contributed by atoms with E-state index in [2.05, 4.69) is 20.2 Å². The Kier molecular flexibility index (Phi) is 5.38. The van der Waals surface area contributed by atoms with Crippen molar-refractivity contribution in [3.8, 4) is 5.75 Å². The molecule has 27 heavy (non-hydrogen) atoms. The van der Waals surface area contributed by atoms with E-state index in [9.17, 15) is 13.2 Å². The largest absolute Gasteiger partial charge is 0.495 e. The van der Waals surface area contributed by atoms with Gasteiger partial charge in [0, 0.05) is 5.56 Å². The van der Waals surface area contributed by atoms with Gasteiger partial charge in [0.05, 0.1) is 12.8 Å². The van der Waals surface area contributed by atoms with Gasteiger partial charge < -0.3 is 4.74 Å². The van der Waals surface area contributed by atoms with E-state index in [-0.39, 0.29) is 15.2 Å². The summed E-state index contributed by atoms with van der Waals surface area (Å²) in [6.07, 6.45) is 0. The first kappa shape index (κ1) is 18.8. The Labute approximate surface area is 160 Å². The van der Waals surface area contributed by atoms with Gasteiger partial charge in [-0.3, -0.25) is 14.8 Å². The first-order valence-electron chi connectivity index (χ1n) is 7.76. The summed E-state index contributed by atoms with van der Waals surface area (Å²) in [5.41, 5.74) is 1.74. The normalized spacial score (nSPS) is 11.0. The Balaban J connectivity index is 1.76. The number of sulfonamides is 1. The highest BCUT2D eigenvalue weighted by molar-refractivity contribution is 7.94. The number of aryl methyl sites for hydroxylation is 1. The lowest BCUT2D eigenvalue weighted by Gasteiger charge is -2.09.